The van der Waals surface area contributed by atoms with Gasteiger partial charge in [0.15, 0.2) is 0 Å². The van der Waals surface area contributed by atoms with Crippen LogP contribution in [0.2, 0.25) is 0 Å². The summed E-state index contributed by atoms with van der Waals surface area (Å²) >= 11 is 0. The highest BCUT2D eigenvalue weighted by molar-refractivity contribution is 6.02. The summed E-state index contributed by atoms with van der Waals surface area (Å²) in [6, 6.07) is 13.8. The molecule has 0 radical (unpaired) electrons. The lowest BCUT2D eigenvalue weighted by Gasteiger charge is -2.26. The quantitative estimate of drug-likeness (QED) is 0.491. The van der Waals surface area contributed by atoms with Gasteiger partial charge in [-0.05, 0) is 24.5 Å². The molecule has 0 aromatic heterocycles. The van der Waals surface area contributed by atoms with Crippen LogP contribution < -0.4 is 10.2 Å². The maximum Gasteiger partial charge on any atom is 0.323 e. The average molecular weight is 454 g/mol. The number of aliphatic carboxylic acids is 2. The van der Waals surface area contributed by atoms with Gasteiger partial charge in [-0.1, -0.05) is 48.5 Å². The third-order valence-electron chi connectivity index (χ3n) is 5.45. The number of fused-ring (bicyclic) bond motifs is 1. The molecule has 0 aliphatic carbocycles. The summed E-state index contributed by atoms with van der Waals surface area (Å²) in [7, 11) is 0. The van der Waals surface area contributed by atoms with E-state index in [-0.39, 0.29) is 12.8 Å². The number of carbonyl (C=O) groups is 4. The number of ether oxygens (including phenoxy) is 1. The van der Waals surface area contributed by atoms with Crippen molar-refractivity contribution in [3.05, 3.63) is 65.7 Å². The summed E-state index contributed by atoms with van der Waals surface area (Å²) in [6.07, 6.45) is -0.186. The molecule has 1 aliphatic heterocycles. The second kappa shape index (κ2) is 10.7. The van der Waals surface area contributed by atoms with Crippen molar-refractivity contribution in [1.82, 2.24) is 5.32 Å². The molecule has 1 heterocycles. The highest BCUT2D eigenvalue weighted by Gasteiger charge is 2.38. The van der Waals surface area contributed by atoms with E-state index in [2.05, 4.69) is 5.32 Å². The van der Waals surface area contributed by atoms with E-state index in [4.69, 9.17) is 4.74 Å². The van der Waals surface area contributed by atoms with E-state index in [1.165, 1.54) is 6.92 Å². The molecule has 3 atom stereocenters. The Morgan fingerprint density at radius 3 is 2.39 bits per heavy atom. The van der Waals surface area contributed by atoms with E-state index in [0.717, 1.165) is 10.5 Å². The number of amides is 1. The number of carboxylic acids is 2. The Morgan fingerprint density at radius 1 is 1.09 bits per heavy atom. The minimum absolute atomic E-state index is 0.0271. The molecule has 1 amide bonds. The minimum Gasteiger partial charge on any atom is -0.480 e. The van der Waals surface area contributed by atoms with Crippen LogP contribution >= 0.6 is 0 Å². The molecule has 3 N–H and O–H groups in total. The molecule has 3 rings (SSSR count). The zero-order valence-electron chi connectivity index (χ0n) is 18.1. The van der Waals surface area contributed by atoms with Crippen molar-refractivity contribution in [3.8, 4) is 0 Å². The molecule has 33 heavy (non-hydrogen) atoms. The maximum atomic E-state index is 13.4. The first kappa shape index (κ1) is 23.9. The van der Waals surface area contributed by atoms with E-state index >= 15 is 0 Å². The van der Waals surface area contributed by atoms with Crippen LogP contribution in [0.3, 0.4) is 0 Å². The van der Waals surface area contributed by atoms with Gasteiger partial charge in [-0.25, -0.2) is 0 Å². The van der Waals surface area contributed by atoms with Crippen LogP contribution in [0.15, 0.2) is 54.6 Å². The van der Waals surface area contributed by atoms with Crippen LogP contribution in [-0.4, -0.2) is 52.7 Å². The van der Waals surface area contributed by atoms with Crippen LogP contribution in [0.1, 0.15) is 37.0 Å². The van der Waals surface area contributed by atoms with Crippen molar-refractivity contribution >= 4 is 29.5 Å². The molecule has 0 unspecified atom stereocenters. The van der Waals surface area contributed by atoms with Gasteiger partial charge in [-0.3, -0.25) is 29.4 Å². The van der Waals surface area contributed by atoms with Gasteiger partial charge in [0.2, 0.25) is 5.91 Å². The van der Waals surface area contributed by atoms with E-state index in [0.29, 0.717) is 17.7 Å². The van der Waals surface area contributed by atoms with Crippen molar-refractivity contribution in [1.29, 1.82) is 0 Å². The Kier molecular flexibility index (Phi) is 7.78. The number of carboxylic acid groups (broad SMARTS) is 2. The fraction of sp³-hybridized carbons (Fsp3) is 0.333. The van der Waals surface area contributed by atoms with Crippen LogP contribution in [0.4, 0.5) is 5.69 Å². The number of esters is 1. The Labute approximate surface area is 191 Å². The number of benzene rings is 2. The number of para-hydroxylation sites is 1. The number of hydrogen-bond donors (Lipinski definition) is 3. The van der Waals surface area contributed by atoms with Gasteiger partial charge in [0.25, 0.3) is 0 Å². The van der Waals surface area contributed by atoms with E-state index in [9.17, 15) is 29.4 Å². The van der Waals surface area contributed by atoms with Crippen molar-refractivity contribution < 1.29 is 34.1 Å². The Hall–Kier alpha value is -3.72. The predicted molar refractivity (Wildman–Crippen MR) is 119 cm³/mol. The van der Waals surface area contributed by atoms with Gasteiger partial charge in [-0.2, -0.15) is 0 Å². The highest BCUT2D eigenvalue weighted by atomic mass is 16.5. The van der Waals surface area contributed by atoms with Crippen molar-refractivity contribution in [3.63, 3.8) is 0 Å². The molecule has 0 spiro atoms. The molecular formula is C24H26N2O7. The molecule has 0 fully saturated rings. The van der Waals surface area contributed by atoms with Gasteiger partial charge in [0.1, 0.15) is 18.7 Å². The lowest BCUT2D eigenvalue weighted by atomic mass is 10.00. The lowest BCUT2D eigenvalue weighted by molar-refractivity contribution is -0.148. The molecule has 2 aromatic carbocycles. The summed E-state index contributed by atoms with van der Waals surface area (Å²) in [5, 5.41) is 22.0. The molecule has 0 saturated carbocycles. The first-order valence-corrected chi connectivity index (χ1v) is 10.6. The highest BCUT2D eigenvalue weighted by Crippen LogP contribution is 2.36. The second-order valence-corrected chi connectivity index (χ2v) is 7.85. The zero-order chi connectivity index (χ0) is 24.0. The minimum atomic E-state index is -1.22. The largest absolute Gasteiger partial charge is 0.480 e. The monoisotopic (exact) mass is 454 g/mol. The van der Waals surface area contributed by atoms with Crippen molar-refractivity contribution in [2.24, 2.45) is 0 Å². The normalized spacial score (nSPS) is 18.7. The van der Waals surface area contributed by atoms with Crippen LogP contribution in [0, 0.1) is 0 Å². The fourth-order valence-corrected chi connectivity index (χ4v) is 3.98. The summed E-state index contributed by atoms with van der Waals surface area (Å²) in [4.78, 5) is 49.7. The first-order chi connectivity index (χ1) is 15.8. The molecule has 0 bridgehead atoms. The van der Waals surface area contributed by atoms with Gasteiger partial charge < -0.3 is 14.9 Å². The smallest absolute Gasteiger partial charge is 0.323 e. The molecular weight excluding hydrogens is 428 g/mol. The van der Waals surface area contributed by atoms with Crippen LogP contribution in [0.25, 0.3) is 0 Å². The van der Waals surface area contributed by atoms with Crippen molar-refractivity contribution in [2.45, 2.75) is 44.4 Å². The number of aryl methyl sites for hydroxylation is 1. The fourth-order valence-electron chi connectivity index (χ4n) is 3.98. The topological polar surface area (TPSA) is 133 Å². The SMILES string of the molecule is CC(=O)O[C@@H]1C[C@H](N[C@@H](CCc2ccccc2)C(=O)O)C(=O)N(CC(=O)O)c2ccccc21. The number of nitrogens with one attached hydrogen (secondary N) is 1. The number of hydrogen-bond acceptors (Lipinski definition) is 6. The van der Waals surface area contributed by atoms with E-state index < -0.39 is 48.5 Å². The molecule has 174 valence electrons. The maximum absolute atomic E-state index is 13.4. The number of nitrogens with zero attached hydrogens (tertiary/aromatic N) is 1. The second-order valence-electron chi connectivity index (χ2n) is 7.85. The summed E-state index contributed by atoms with van der Waals surface area (Å²) in [6.45, 7) is 0.634. The van der Waals surface area contributed by atoms with Gasteiger partial charge in [-0.15, -0.1) is 0 Å². The molecule has 9 heteroatoms. The van der Waals surface area contributed by atoms with Crippen LogP contribution in [-0.2, 0) is 30.3 Å². The van der Waals surface area contributed by atoms with Gasteiger partial charge >= 0.3 is 17.9 Å². The number of carbonyl (C=O) groups excluding carboxylic acids is 2. The predicted octanol–water partition coefficient (Wildman–Crippen LogP) is 2.16. The third-order valence-corrected chi connectivity index (χ3v) is 5.45. The molecule has 0 saturated heterocycles. The Bertz CT molecular complexity index is 1020. The zero-order valence-corrected chi connectivity index (χ0v) is 18.1. The standard InChI is InChI=1S/C24H26N2O7/c1-15(27)33-21-13-19(25-18(24(31)32)12-11-16-7-3-2-4-8-16)23(30)26(14-22(28)29)20-10-6-5-9-17(20)21/h2-10,18-19,21,25H,11-14H2,1H3,(H,28,29)(H,31,32)/t18-,19-,21+/m0/s1. The van der Waals surface area contributed by atoms with E-state index in [1.807, 2.05) is 30.3 Å². The molecule has 1 aliphatic rings. The Balaban J connectivity index is 1.90. The summed E-state index contributed by atoms with van der Waals surface area (Å²) in [5.41, 5.74) is 1.76. The third kappa shape index (κ3) is 6.17. The molecule has 2 aromatic rings. The lowest BCUT2D eigenvalue weighted by Crippen LogP contribution is -2.53. The van der Waals surface area contributed by atoms with Gasteiger partial charge in [0, 0.05) is 18.9 Å². The van der Waals surface area contributed by atoms with Crippen molar-refractivity contribution in [2.75, 3.05) is 11.4 Å². The summed E-state index contributed by atoms with van der Waals surface area (Å²) in [5.74, 6) is -3.51. The number of rotatable bonds is 9. The van der Waals surface area contributed by atoms with E-state index in [1.54, 1.807) is 24.3 Å². The Morgan fingerprint density at radius 2 is 1.76 bits per heavy atom. The molecule has 9 nitrogen and oxygen atoms in total. The van der Waals surface area contributed by atoms with Crippen LogP contribution in [0.5, 0.6) is 0 Å². The first-order valence-electron chi connectivity index (χ1n) is 10.6. The number of anilines is 1. The average Bonchev–Trinajstić information content (AvgIpc) is 2.87. The summed E-state index contributed by atoms with van der Waals surface area (Å²) < 4.78 is 5.45. The van der Waals surface area contributed by atoms with Gasteiger partial charge in [0.05, 0.1) is 11.7 Å².